The third-order valence-electron chi connectivity index (χ3n) is 2.44. The second-order valence-corrected chi connectivity index (χ2v) is 3.83. The molecule has 0 bridgehead atoms. The second-order valence-electron chi connectivity index (χ2n) is 3.35. The van der Waals surface area contributed by atoms with Gasteiger partial charge < -0.3 is 4.90 Å². The molecule has 0 unspecified atom stereocenters. The summed E-state index contributed by atoms with van der Waals surface area (Å²) in [6.07, 6.45) is 3.59. The molecule has 1 amide bonds. The van der Waals surface area contributed by atoms with Crippen molar-refractivity contribution in [2.24, 2.45) is 0 Å². The quantitative estimate of drug-likeness (QED) is 0.642. The van der Waals surface area contributed by atoms with Gasteiger partial charge in [-0.05, 0) is 24.4 Å². The van der Waals surface area contributed by atoms with Crippen molar-refractivity contribution in [3.05, 3.63) is 0 Å². The van der Waals surface area contributed by atoms with Gasteiger partial charge >= 0.3 is 11.3 Å². The minimum absolute atomic E-state index is 0.0582. The molecular weight excluding hydrogens is 200 g/mol. The lowest BCUT2D eigenvalue weighted by Crippen LogP contribution is -2.42. The van der Waals surface area contributed by atoms with Gasteiger partial charge in [-0.25, -0.2) is 0 Å². The third kappa shape index (κ3) is 2.53. The molecule has 1 saturated carbocycles. The van der Waals surface area contributed by atoms with Crippen LogP contribution in [0.4, 0.5) is 8.78 Å². The lowest BCUT2D eigenvalue weighted by molar-refractivity contribution is -0.147. The average molecular weight is 212 g/mol. The number of alkyl halides is 3. The molecule has 1 aliphatic carbocycles. The molecule has 0 N–H and O–H groups in total. The molecule has 2 nitrogen and oxygen atoms in total. The summed E-state index contributed by atoms with van der Waals surface area (Å²) in [5, 5.41) is -3.75. The normalized spacial score (nSPS) is 19.1. The van der Waals surface area contributed by atoms with E-state index >= 15 is 0 Å². The minimum atomic E-state index is -3.75. The van der Waals surface area contributed by atoms with Crippen LogP contribution in [0.25, 0.3) is 0 Å². The van der Waals surface area contributed by atoms with Gasteiger partial charge in [0.25, 0.3) is 0 Å². The molecule has 0 atom stereocenters. The maximum atomic E-state index is 12.4. The highest BCUT2D eigenvalue weighted by Gasteiger charge is 2.40. The van der Waals surface area contributed by atoms with Crippen LogP contribution in [0.2, 0.25) is 0 Å². The van der Waals surface area contributed by atoms with E-state index in [4.69, 9.17) is 0 Å². The van der Waals surface area contributed by atoms with Crippen LogP contribution in [-0.2, 0) is 4.79 Å². The lowest BCUT2D eigenvalue weighted by atomic mass is 10.2. The number of halogens is 3. The van der Waals surface area contributed by atoms with E-state index in [9.17, 15) is 13.6 Å². The van der Waals surface area contributed by atoms with Crippen molar-refractivity contribution in [2.75, 3.05) is 7.05 Å². The van der Waals surface area contributed by atoms with Crippen molar-refractivity contribution in [2.45, 2.75) is 37.1 Å². The third-order valence-corrected chi connectivity index (χ3v) is 2.60. The maximum Gasteiger partial charge on any atom is 0.399 e. The van der Waals surface area contributed by atoms with Crippen LogP contribution in [0.5, 0.6) is 0 Å². The van der Waals surface area contributed by atoms with Crippen molar-refractivity contribution in [1.29, 1.82) is 0 Å². The summed E-state index contributed by atoms with van der Waals surface area (Å²) in [4.78, 5) is 12.1. The molecule has 1 aliphatic rings. The fraction of sp³-hybridized carbons (Fsp3) is 0.875. The summed E-state index contributed by atoms with van der Waals surface area (Å²) in [6.45, 7) is 0. The highest BCUT2D eigenvalue weighted by molar-refractivity contribution is 6.32. The number of hydrogen-bond donors (Lipinski definition) is 0. The van der Waals surface area contributed by atoms with E-state index in [1.54, 1.807) is 0 Å². The van der Waals surface area contributed by atoms with Gasteiger partial charge in [-0.1, -0.05) is 12.8 Å². The first kappa shape index (κ1) is 10.7. The largest absolute Gasteiger partial charge is 0.399 e. The zero-order valence-electron chi connectivity index (χ0n) is 7.40. The monoisotopic (exact) mass is 211 g/mol. The molecule has 0 aliphatic heterocycles. The topological polar surface area (TPSA) is 20.3 Å². The number of carbonyl (C=O) groups excluding carboxylic acids is 1. The van der Waals surface area contributed by atoms with Gasteiger partial charge in [0.2, 0.25) is 0 Å². The van der Waals surface area contributed by atoms with Crippen LogP contribution < -0.4 is 0 Å². The molecule has 76 valence electrons. The van der Waals surface area contributed by atoms with Crippen molar-refractivity contribution in [3.63, 3.8) is 0 Å². The molecule has 1 fully saturated rings. The Morgan fingerprint density at radius 1 is 1.46 bits per heavy atom. The Bertz CT molecular complexity index is 199. The molecule has 0 radical (unpaired) electrons. The minimum Gasteiger partial charge on any atom is -0.336 e. The molecule has 0 spiro atoms. The van der Waals surface area contributed by atoms with Crippen molar-refractivity contribution >= 4 is 17.5 Å². The summed E-state index contributed by atoms with van der Waals surface area (Å²) in [7, 11) is 1.38. The van der Waals surface area contributed by atoms with E-state index < -0.39 is 11.3 Å². The van der Waals surface area contributed by atoms with Crippen molar-refractivity contribution < 1.29 is 13.6 Å². The number of rotatable bonds is 2. The van der Waals surface area contributed by atoms with Gasteiger partial charge in [0.1, 0.15) is 0 Å². The van der Waals surface area contributed by atoms with E-state index in [1.807, 2.05) is 0 Å². The van der Waals surface area contributed by atoms with Gasteiger partial charge in [0.15, 0.2) is 0 Å². The van der Waals surface area contributed by atoms with Crippen molar-refractivity contribution in [1.82, 2.24) is 4.90 Å². The zero-order valence-corrected chi connectivity index (χ0v) is 8.15. The fourth-order valence-electron chi connectivity index (χ4n) is 1.66. The molecule has 0 aromatic heterocycles. The molecule has 5 heteroatoms. The van der Waals surface area contributed by atoms with Crippen LogP contribution >= 0.6 is 11.6 Å². The first-order valence-corrected chi connectivity index (χ1v) is 4.64. The summed E-state index contributed by atoms with van der Waals surface area (Å²) < 4.78 is 24.8. The molecule has 0 saturated heterocycles. The Kier molecular flexibility index (Phi) is 3.11. The lowest BCUT2D eigenvalue weighted by Gasteiger charge is -2.25. The molecule has 0 aromatic rings. The highest BCUT2D eigenvalue weighted by atomic mass is 35.5. The predicted octanol–water partition coefficient (Wildman–Crippen LogP) is 2.22. The zero-order chi connectivity index (χ0) is 10.1. The molecular formula is C8H12ClF2NO. The fourth-order valence-corrected chi connectivity index (χ4v) is 1.79. The van der Waals surface area contributed by atoms with Crippen LogP contribution in [0.15, 0.2) is 0 Å². The number of amides is 1. The molecule has 13 heavy (non-hydrogen) atoms. The Hall–Kier alpha value is -0.380. The van der Waals surface area contributed by atoms with E-state index in [1.165, 1.54) is 7.05 Å². The van der Waals surface area contributed by atoms with Crippen LogP contribution in [0.1, 0.15) is 25.7 Å². The Balaban J connectivity index is 2.56. The summed E-state index contributed by atoms with van der Waals surface area (Å²) in [6, 6.07) is -0.0582. The standard InChI is InChI=1S/C8H12ClF2NO/c1-12(6-4-2-3-5-6)7(13)8(9,10)11/h6H,2-5H2,1H3. The van der Waals surface area contributed by atoms with Gasteiger partial charge in [0, 0.05) is 13.1 Å². The Morgan fingerprint density at radius 2 is 1.92 bits per heavy atom. The SMILES string of the molecule is CN(C(=O)C(F)(F)Cl)C1CCCC1. The molecule has 0 heterocycles. The number of nitrogens with zero attached hydrogens (tertiary/aromatic N) is 1. The van der Waals surface area contributed by atoms with Crippen LogP contribution in [0, 0.1) is 0 Å². The van der Waals surface area contributed by atoms with Crippen molar-refractivity contribution in [3.8, 4) is 0 Å². The number of carbonyl (C=O) groups is 1. The second kappa shape index (κ2) is 3.78. The predicted molar refractivity (Wildman–Crippen MR) is 45.8 cm³/mol. The van der Waals surface area contributed by atoms with E-state index in [0.29, 0.717) is 0 Å². The Morgan fingerprint density at radius 3 is 2.31 bits per heavy atom. The summed E-state index contributed by atoms with van der Waals surface area (Å²) >= 11 is 4.63. The van der Waals surface area contributed by atoms with Crippen LogP contribution in [-0.4, -0.2) is 29.3 Å². The van der Waals surface area contributed by atoms with E-state index in [2.05, 4.69) is 11.6 Å². The average Bonchev–Trinajstić information content (AvgIpc) is 2.51. The molecule has 1 rings (SSSR count). The van der Waals surface area contributed by atoms with Gasteiger partial charge in [-0.15, -0.1) is 0 Å². The van der Waals surface area contributed by atoms with E-state index in [0.717, 1.165) is 30.6 Å². The summed E-state index contributed by atoms with van der Waals surface area (Å²) in [5.41, 5.74) is 0. The first-order valence-electron chi connectivity index (χ1n) is 4.27. The number of hydrogen-bond acceptors (Lipinski definition) is 1. The highest BCUT2D eigenvalue weighted by Crippen LogP contribution is 2.27. The smallest absolute Gasteiger partial charge is 0.336 e. The van der Waals surface area contributed by atoms with Gasteiger partial charge in [-0.2, -0.15) is 8.78 Å². The van der Waals surface area contributed by atoms with Gasteiger partial charge in [-0.3, -0.25) is 4.79 Å². The molecule has 0 aromatic carbocycles. The van der Waals surface area contributed by atoms with Crippen LogP contribution in [0.3, 0.4) is 0 Å². The van der Waals surface area contributed by atoms with Gasteiger partial charge in [0.05, 0.1) is 0 Å². The first-order chi connectivity index (χ1) is 5.93. The maximum absolute atomic E-state index is 12.4. The van der Waals surface area contributed by atoms with E-state index in [-0.39, 0.29) is 6.04 Å². The summed E-state index contributed by atoms with van der Waals surface area (Å²) in [5.74, 6) is -1.29. The Labute approximate surface area is 80.8 Å².